The number of nitrogens with zero attached hydrogens (tertiary/aromatic N) is 6. The van der Waals surface area contributed by atoms with Crippen molar-refractivity contribution < 1.29 is 0 Å². The molecule has 0 aliphatic carbocycles. The Hall–Kier alpha value is -2.02. The van der Waals surface area contributed by atoms with Crippen LogP contribution in [0.2, 0.25) is 0 Å². The SMILES string of the molecule is CCc1nsc(N2CCCC(c3nnc4ccccn34)C2)n1. The molecule has 0 spiro atoms. The highest BCUT2D eigenvalue weighted by Crippen LogP contribution is 2.30. The first-order valence-electron chi connectivity index (χ1n) is 7.72. The average Bonchev–Trinajstić information content (AvgIpc) is 3.22. The quantitative estimate of drug-likeness (QED) is 0.743. The Morgan fingerprint density at radius 3 is 3.14 bits per heavy atom. The van der Waals surface area contributed by atoms with Crippen LogP contribution < -0.4 is 4.90 Å². The molecule has 3 aromatic rings. The summed E-state index contributed by atoms with van der Waals surface area (Å²) in [5.41, 5.74) is 0.916. The minimum atomic E-state index is 0.389. The van der Waals surface area contributed by atoms with E-state index < -0.39 is 0 Å². The van der Waals surface area contributed by atoms with Crippen LogP contribution in [-0.4, -0.2) is 37.0 Å². The van der Waals surface area contributed by atoms with E-state index in [-0.39, 0.29) is 0 Å². The van der Waals surface area contributed by atoms with E-state index in [0.717, 1.165) is 54.8 Å². The van der Waals surface area contributed by atoms with E-state index in [9.17, 15) is 0 Å². The number of pyridine rings is 1. The number of piperidine rings is 1. The molecular formula is C15H18N6S. The van der Waals surface area contributed by atoms with Crippen molar-refractivity contribution in [3.8, 4) is 0 Å². The van der Waals surface area contributed by atoms with Crippen molar-refractivity contribution in [1.82, 2.24) is 24.0 Å². The molecule has 6 nitrogen and oxygen atoms in total. The fourth-order valence-electron chi connectivity index (χ4n) is 3.02. The fraction of sp³-hybridized carbons (Fsp3) is 0.467. The van der Waals surface area contributed by atoms with Crippen molar-refractivity contribution in [1.29, 1.82) is 0 Å². The van der Waals surface area contributed by atoms with Crippen molar-refractivity contribution in [2.75, 3.05) is 18.0 Å². The second-order valence-electron chi connectivity index (χ2n) is 5.62. The third kappa shape index (κ3) is 2.35. The van der Waals surface area contributed by atoms with Gasteiger partial charge in [0, 0.05) is 43.2 Å². The molecule has 4 rings (SSSR count). The van der Waals surface area contributed by atoms with Gasteiger partial charge in [-0.2, -0.15) is 4.37 Å². The topological polar surface area (TPSA) is 59.2 Å². The number of anilines is 1. The number of rotatable bonds is 3. The van der Waals surface area contributed by atoms with E-state index in [2.05, 4.69) is 35.8 Å². The maximum atomic E-state index is 4.62. The van der Waals surface area contributed by atoms with Gasteiger partial charge in [0.2, 0.25) is 5.13 Å². The Labute approximate surface area is 133 Å². The maximum Gasteiger partial charge on any atom is 0.205 e. The standard InChI is InChI=1S/C15H18N6S/c1-2-12-16-15(22-19-12)20-8-5-6-11(10-20)14-18-17-13-7-3-4-9-21(13)14/h3-4,7,9,11H,2,5-6,8,10H2,1H3. The molecule has 1 fully saturated rings. The molecule has 1 aliphatic rings. The van der Waals surface area contributed by atoms with Gasteiger partial charge in [0.1, 0.15) is 11.6 Å². The molecule has 0 N–H and O–H groups in total. The van der Waals surface area contributed by atoms with Gasteiger partial charge in [-0.3, -0.25) is 4.40 Å². The Morgan fingerprint density at radius 1 is 1.32 bits per heavy atom. The molecular weight excluding hydrogens is 296 g/mol. The predicted octanol–water partition coefficient (Wildman–Crippen LogP) is 2.53. The van der Waals surface area contributed by atoms with Crippen LogP contribution in [0.1, 0.15) is 37.3 Å². The van der Waals surface area contributed by atoms with Gasteiger partial charge in [-0.05, 0) is 25.0 Å². The van der Waals surface area contributed by atoms with Crippen molar-refractivity contribution in [2.24, 2.45) is 0 Å². The summed E-state index contributed by atoms with van der Waals surface area (Å²) in [4.78, 5) is 6.96. The van der Waals surface area contributed by atoms with Crippen molar-refractivity contribution >= 4 is 22.3 Å². The Bertz CT molecular complexity index is 779. The first kappa shape index (κ1) is 13.6. The molecule has 22 heavy (non-hydrogen) atoms. The van der Waals surface area contributed by atoms with Gasteiger partial charge in [0.15, 0.2) is 5.65 Å². The van der Waals surface area contributed by atoms with Crippen molar-refractivity contribution in [3.63, 3.8) is 0 Å². The van der Waals surface area contributed by atoms with E-state index in [1.807, 2.05) is 24.4 Å². The van der Waals surface area contributed by atoms with Gasteiger partial charge in [-0.15, -0.1) is 10.2 Å². The molecule has 1 aliphatic heterocycles. The maximum absolute atomic E-state index is 4.62. The number of aryl methyl sites for hydroxylation is 1. The largest absolute Gasteiger partial charge is 0.346 e. The smallest absolute Gasteiger partial charge is 0.205 e. The highest BCUT2D eigenvalue weighted by molar-refractivity contribution is 7.09. The van der Waals surface area contributed by atoms with Crippen LogP contribution in [0.5, 0.6) is 0 Å². The fourth-order valence-corrected chi connectivity index (χ4v) is 3.80. The van der Waals surface area contributed by atoms with Gasteiger partial charge in [-0.1, -0.05) is 13.0 Å². The third-order valence-electron chi connectivity index (χ3n) is 4.17. The molecule has 0 saturated carbocycles. The first-order valence-corrected chi connectivity index (χ1v) is 8.49. The summed E-state index contributed by atoms with van der Waals surface area (Å²) in [7, 11) is 0. The highest BCUT2D eigenvalue weighted by Gasteiger charge is 2.26. The lowest BCUT2D eigenvalue weighted by molar-refractivity contribution is 0.487. The Morgan fingerprint density at radius 2 is 2.27 bits per heavy atom. The van der Waals surface area contributed by atoms with E-state index in [1.165, 1.54) is 11.5 Å². The molecule has 0 bridgehead atoms. The molecule has 114 valence electrons. The van der Waals surface area contributed by atoms with E-state index in [1.54, 1.807) is 0 Å². The van der Waals surface area contributed by atoms with Crippen LogP contribution in [0.4, 0.5) is 5.13 Å². The monoisotopic (exact) mass is 314 g/mol. The van der Waals surface area contributed by atoms with Gasteiger partial charge in [-0.25, -0.2) is 4.98 Å². The van der Waals surface area contributed by atoms with Crippen LogP contribution in [0, 0.1) is 0 Å². The normalized spacial score (nSPS) is 19.0. The zero-order valence-corrected chi connectivity index (χ0v) is 13.3. The summed E-state index contributed by atoms with van der Waals surface area (Å²) >= 11 is 1.51. The van der Waals surface area contributed by atoms with Crippen molar-refractivity contribution in [2.45, 2.75) is 32.1 Å². The molecule has 0 aromatic carbocycles. The summed E-state index contributed by atoms with van der Waals surface area (Å²) < 4.78 is 6.51. The van der Waals surface area contributed by atoms with Crippen LogP contribution in [0.25, 0.3) is 5.65 Å². The van der Waals surface area contributed by atoms with Gasteiger partial charge < -0.3 is 4.90 Å². The van der Waals surface area contributed by atoms with E-state index in [4.69, 9.17) is 0 Å². The second-order valence-corrected chi connectivity index (χ2v) is 6.35. The summed E-state index contributed by atoms with van der Waals surface area (Å²) in [6, 6.07) is 6.02. The van der Waals surface area contributed by atoms with Crippen molar-refractivity contribution in [3.05, 3.63) is 36.0 Å². The molecule has 7 heteroatoms. The number of hydrogen-bond donors (Lipinski definition) is 0. The molecule has 4 heterocycles. The Balaban J connectivity index is 1.60. The third-order valence-corrected chi connectivity index (χ3v) is 4.99. The molecule has 1 atom stereocenters. The number of fused-ring (bicyclic) bond motifs is 1. The zero-order valence-electron chi connectivity index (χ0n) is 12.5. The molecule has 3 aromatic heterocycles. The lowest BCUT2D eigenvalue weighted by Gasteiger charge is -2.31. The second kappa shape index (κ2) is 5.64. The Kier molecular flexibility index (Phi) is 3.49. The van der Waals surface area contributed by atoms with Crippen LogP contribution >= 0.6 is 11.5 Å². The van der Waals surface area contributed by atoms with E-state index in [0.29, 0.717) is 5.92 Å². The summed E-state index contributed by atoms with van der Waals surface area (Å²) in [5.74, 6) is 2.38. The van der Waals surface area contributed by atoms with Gasteiger partial charge in [0.25, 0.3) is 0 Å². The molecule has 1 unspecified atom stereocenters. The minimum absolute atomic E-state index is 0.389. The number of hydrogen-bond acceptors (Lipinski definition) is 6. The lowest BCUT2D eigenvalue weighted by Crippen LogP contribution is -2.35. The van der Waals surface area contributed by atoms with Crippen LogP contribution in [0.3, 0.4) is 0 Å². The molecule has 1 saturated heterocycles. The highest BCUT2D eigenvalue weighted by atomic mass is 32.1. The van der Waals surface area contributed by atoms with Crippen LogP contribution in [-0.2, 0) is 6.42 Å². The lowest BCUT2D eigenvalue weighted by atomic mass is 9.97. The van der Waals surface area contributed by atoms with Gasteiger partial charge >= 0.3 is 0 Å². The van der Waals surface area contributed by atoms with Gasteiger partial charge in [0.05, 0.1) is 0 Å². The number of aromatic nitrogens is 5. The average molecular weight is 314 g/mol. The summed E-state index contributed by atoms with van der Waals surface area (Å²) in [6.45, 7) is 4.08. The molecule has 0 radical (unpaired) electrons. The van der Waals surface area contributed by atoms with Crippen LogP contribution in [0.15, 0.2) is 24.4 Å². The first-order chi connectivity index (χ1) is 10.8. The zero-order chi connectivity index (χ0) is 14.9. The summed E-state index contributed by atoms with van der Waals surface area (Å²) in [5, 5.41) is 9.74. The molecule has 0 amide bonds. The predicted molar refractivity (Wildman–Crippen MR) is 86.5 cm³/mol. The summed E-state index contributed by atoms with van der Waals surface area (Å²) in [6.07, 6.45) is 5.23. The minimum Gasteiger partial charge on any atom is -0.346 e. The van der Waals surface area contributed by atoms with E-state index >= 15 is 0 Å².